The van der Waals surface area contributed by atoms with E-state index >= 15 is 0 Å². The number of halogens is 5. The molecule has 0 bridgehead atoms. The molecule has 0 spiro atoms. The molecule has 17 heavy (non-hydrogen) atoms. The van der Waals surface area contributed by atoms with Gasteiger partial charge in [0.25, 0.3) is 0 Å². The van der Waals surface area contributed by atoms with E-state index < -0.39 is 35.0 Å². The van der Waals surface area contributed by atoms with Crippen LogP contribution in [0.25, 0.3) is 0 Å². The maximum Gasteiger partial charge on any atom is 0.419 e. The first-order valence-electron chi connectivity index (χ1n) is 5.05. The summed E-state index contributed by atoms with van der Waals surface area (Å²) in [6.45, 7) is 0. The van der Waals surface area contributed by atoms with Crippen LogP contribution in [0.4, 0.5) is 22.0 Å². The second kappa shape index (κ2) is 3.94. The zero-order valence-electron chi connectivity index (χ0n) is 8.56. The molecule has 0 aliphatic heterocycles. The molecule has 1 saturated carbocycles. The van der Waals surface area contributed by atoms with Crippen LogP contribution in [-0.4, -0.2) is 5.11 Å². The fourth-order valence-corrected chi connectivity index (χ4v) is 1.71. The average Bonchev–Trinajstić information content (AvgIpc) is 2.97. The molecule has 94 valence electrons. The van der Waals surface area contributed by atoms with Crippen molar-refractivity contribution in [3.63, 3.8) is 0 Å². The van der Waals surface area contributed by atoms with Crippen molar-refractivity contribution in [1.29, 1.82) is 0 Å². The molecule has 0 amide bonds. The lowest BCUT2D eigenvalue weighted by Gasteiger charge is -2.15. The zero-order chi connectivity index (χ0) is 12.8. The van der Waals surface area contributed by atoms with Crippen molar-refractivity contribution in [1.82, 2.24) is 0 Å². The molecule has 1 fully saturated rings. The van der Waals surface area contributed by atoms with Crippen molar-refractivity contribution >= 4 is 0 Å². The Morgan fingerprint density at radius 3 is 2.24 bits per heavy atom. The zero-order valence-corrected chi connectivity index (χ0v) is 8.56. The Kier molecular flexibility index (Phi) is 2.85. The predicted molar refractivity (Wildman–Crippen MR) is 49.0 cm³/mol. The van der Waals surface area contributed by atoms with E-state index in [2.05, 4.69) is 0 Å². The Morgan fingerprint density at radius 1 is 1.18 bits per heavy atom. The van der Waals surface area contributed by atoms with Crippen molar-refractivity contribution < 1.29 is 27.1 Å². The van der Waals surface area contributed by atoms with Gasteiger partial charge in [0.15, 0.2) is 0 Å². The molecule has 1 N–H and O–H groups in total. The number of hydrogen-bond donors (Lipinski definition) is 1. The van der Waals surface area contributed by atoms with Gasteiger partial charge in [-0.1, -0.05) is 0 Å². The molecule has 1 aliphatic rings. The summed E-state index contributed by atoms with van der Waals surface area (Å²) in [5, 5.41) is 9.56. The van der Waals surface area contributed by atoms with Gasteiger partial charge in [0.2, 0.25) is 0 Å². The second-order valence-electron chi connectivity index (χ2n) is 4.10. The first-order valence-corrected chi connectivity index (χ1v) is 5.05. The van der Waals surface area contributed by atoms with E-state index in [0.717, 1.165) is 0 Å². The van der Waals surface area contributed by atoms with E-state index in [-0.39, 0.29) is 5.92 Å². The van der Waals surface area contributed by atoms with Gasteiger partial charge in [-0.15, -0.1) is 0 Å². The summed E-state index contributed by atoms with van der Waals surface area (Å²) in [5.74, 6) is -3.20. The van der Waals surface area contributed by atoms with Crippen molar-refractivity contribution in [2.75, 3.05) is 0 Å². The fraction of sp³-hybridized carbons (Fsp3) is 0.455. The average molecular weight is 252 g/mol. The lowest BCUT2D eigenvalue weighted by Crippen LogP contribution is -2.14. The summed E-state index contributed by atoms with van der Waals surface area (Å²) in [7, 11) is 0. The van der Waals surface area contributed by atoms with Crippen molar-refractivity contribution in [2.24, 2.45) is 5.92 Å². The van der Waals surface area contributed by atoms with Crippen LogP contribution in [0.5, 0.6) is 0 Å². The molecule has 1 nitrogen and oxygen atoms in total. The van der Waals surface area contributed by atoms with Gasteiger partial charge in [0.1, 0.15) is 11.6 Å². The van der Waals surface area contributed by atoms with Crippen LogP contribution in [0.1, 0.15) is 30.1 Å². The van der Waals surface area contributed by atoms with Crippen LogP contribution in [0, 0.1) is 17.6 Å². The third-order valence-electron chi connectivity index (χ3n) is 2.80. The molecule has 0 radical (unpaired) electrons. The molecule has 6 heteroatoms. The highest BCUT2D eigenvalue weighted by Crippen LogP contribution is 2.44. The fourth-order valence-electron chi connectivity index (χ4n) is 1.71. The summed E-state index contributed by atoms with van der Waals surface area (Å²) < 4.78 is 64.0. The molecule has 1 unspecified atom stereocenters. The number of hydrogen-bond acceptors (Lipinski definition) is 1. The molecule has 0 aromatic heterocycles. The van der Waals surface area contributed by atoms with Gasteiger partial charge in [-0.05, 0) is 30.9 Å². The summed E-state index contributed by atoms with van der Waals surface area (Å²) in [4.78, 5) is 0. The number of aliphatic hydroxyl groups excluding tert-OH is 1. The van der Waals surface area contributed by atoms with Crippen LogP contribution >= 0.6 is 0 Å². The molecular formula is C11H9F5O. The number of benzene rings is 1. The van der Waals surface area contributed by atoms with Gasteiger partial charge in [-0.2, -0.15) is 13.2 Å². The normalized spacial score (nSPS) is 18.2. The minimum absolute atomic E-state index is 0.341. The Bertz CT molecular complexity index is 436. The van der Waals surface area contributed by atoms with Gasteiger partial charge in [0, 0.05) is 0 Å². The smallest absolute Gasteiger partial charge is 0.388 e. The van der Waals surface area contributed by atoms with Crippen molar-refractivity contribution in [3.8, 4) is 0 Å². The number of aliphatic hydroxyl groups is 1. The van der Waals surface area contributed by atoms with E-state index in [0.29, 0.717) is 25.0 Å². The molecular weight excluding hydrogens is 243 g/mol. The minimum Gasteiger partial charge on any atom is -0.388 e. The summed E-state index contributed by atoms with van der Waals surface area (Å²) in [5.41, 5.74) is -2.42. The summed E-state index contributed by atoms with van der Waals surface area (Å²) in [6, 6.07) is 0.876. The molecule has 1 aromatic carbocycles. The summed E-state index contributed by atoms with van der Waals surface area (Å²) >= 11 is 0. The van der Waals surface area contributed by atoms with E-state index in [1.165, 1.54) is 0 Å². The first kappa shape index (κ1) is 12.3. The molecule has 2 rings (SSSR count). The molecule has 1 atom stereocenters. The predicted octanol–water partition coefficient (Wildman–Crippen LogP) is 3.43. The Morgan fingerprint density at radius 2 is 1.76 bits per heavy atom. The highest BCUT2D eigenvalue weighted by molar-refractivity contribution is 5.31. The lowest BCUT2D eigenvalue weighted by molar-refractivity contribution is -0.140. The largest absolute Gasteiger partial charge is 0.419 e. The first-order chi connectivity index (χ1) is 7.82. The standard InChI is InChI=1S/C11H9F5O/c12-7-4-3-6(11(14,15)16)9(13)8(7)10(17)5-1-2-5/h3-5,10,17H,1-2H2. The third kappa shape index (κ3) is 2.26. The quantitative estimate of drug-likeness (QED) is 0.799. The Balaban J connectivity index is 2.50. The van der Waals surface area contributed by atoms with Crippen LogP contribution in [-0.2, 0) is 6.18 Å². The number of rotatable bonds is 2. The third-order valence-corrected chi connectivity index (χ3v) is 2.80. The highest BCUT2D eigenvalue weighted by Gasteiger charge is 2.40. The second-order valence-corrected chi connectivity index (χ2v) is 4.10. The van der Waals surface area contributed by atoms with E-state index in [1.807, 2.05) is 0 Å². The number of alkyl halides is 3. The van der Waals surface area contributed by atoms with Gasteiger partial charge in [-0.25, -0.2) is 8.78 Å². The van der Waals surface area contributed by atoms with E-state index in [9.17, 15) is 27.1 Å². The lowest BCUT2D eigenvalue weighted by atomic mass is 10.0. The van der Waals surface area contributed by atoms with Crippen molar-refractivity contribution in [3.05, 3.63) is 34.9 Å². The van der Waals surface area contributed by atoms with Crippen LogP contribution in [0.3, 0.4) is 0 Å². The SMILES string of the molecule is OC(c1c(F)ccc(C(F)(F)F)c1F)C1CC1. The molecule has 0 heterocycles. The molecule has 1 aliphatic carbocycles. The molecule has 0 saturated heterocycles. The van der Waals surface area contributed by atoms with Gasteiger partial charge >= 0.3 is 6.18 Å². The van der Waals surface area contributed by atoms with Gasteiger partial charge in [-0.3, -0.25) is 0 Å². The Hall–Kier alpha value is -1.17. The van der Waals surface area contributed by atoms with Crippen LogP contribution in [0.2, 0.25) is 0 Å². The van der Waals surface area contributed by atoms with Crippen LogP contribution in [0.15, 0.2) is 12.1 Å². The minimum atomic E-state index is -4.89. The maximum atomic E-state index is 13.5. The van der Waals surface area contributed by atoms with Crippen LogP contribution < -0.4 is 0 Å². The highest BCUT2D eigenvalue weighted by atomic mass is 19.4. The maximum absolute atomic E-state index is 13.5. The van der Waals surface area contributed by atoms with Gasteiger partial charge < -0.3 is 5.11 Å². The topological polar surface area (TPSA) is 20.2 Å². The van der Waals surface area contributed by atoms with Gasteiger partial charge in [0.05, 0.1) is 17.2 Å². The monoisotopic (exact) mass is 252 g/mol. The molecule has 1 aromatic rings. The Labute approximate surface area is 93.9 Å². The van der Waals surface area contributed by atoms with E-state index in [1.54, 1.807) is 0 Å². The van der Waals surface area contributed by atoms with E-state index in [4.69, 9.17) is 0 Å². The summed E-state index contributed by atoms with van der Waals surface area (Å²) in [6.07, 6.45) is -5.26. The van der Waals surface area contributed by atoms with Crippen molar-refractivity contribution in [2.45, 2.75) is 25.1 Å².